The number of alkyl halides is 1. The number of hydrogen-bond acceptors (Lipinski definition) is 3. The highest BCUT2D eigenvalue weighted by atomic mass is 19.1. The number of halogens is 1. The molecule has 1 heterocycles. The van der Waals surface area contributed by atoms with Crippen LogP contribution in [0.5, 0.6) is 0 Å². The van der Waals surface area contributed by atoms with E-state index in [0.29, 0.717) is 43.1 Å². The molecule has 0 saturated heterocycles. The second-order valence-electron chi connectivity index (χ2n) is 11.4. The Morgan fingerprint density at radius 2 is 1.94 bits per heavy atom. The average Bonchev–Trinajstić information content (AvgIpc) is 3.02. The van der Waals surface area contributed by atoms with E-state index in [2.05, 4.69) is 29.6 Å². The molecule has 2 unspecified atom stereocenters. The van der Waals surface area contributed by atoms with Crippen LogP contribution < -0.4 is 10.6 Å². The van der Waals surface area contributed by atoms with Gasteiger partial charge in [-0.25, -0.2) is 9.07 Å². The molecule has 4 fully saturated rings. The Labute approximate surface area is 190 Å². The van der Waals surface area contributed by atoms with E-state index in [1.165, 1.54) is 6.92 Å². The molecular formula is C25H37FN4O2. The van der Waals surface area contributed by atoms with E-state index in [-0.39, 0.29) is 29.7 Å². The highest BCUT2D eigenvalue weighted by Crippen LogP contribution is 2.57. The third-order valence-corrected chi connectivity index (χ3v) is 7.37. The molecule has 1 aromatic rings. The van der Waals surface area contributed by atoms with Gasteiger partial charge in [-0.05, 0) is 82.1 Å². The second-order valence-corrected chi connectivity index (χ2v) is 11.4. The van der Waals surface area contributed by atoms with Crippen LogP contribution in [0.2, 0.25) is 0 Å². The molecule has 2 N–H and O–H groups in total. The number of carbonyl (C=O) groups is 2. The second kappa shape index (κ2) is 8.31. The lowest BCUT2D eigenvalue weighted by molar-refractivity contribution is -0.120. The number of carbonyl (C=O) groups excluding carboxylic acids is 2. The van der Waals surface area contributed by atoms with Crippen molar-refractivity contribution >= 4 is 18.0 Å². The van der Waals surface area contributed by atoms with Crippen molar-refractivity contribution in [2.75, 3.05) is 0 Å². The fraction of sp³-hybridized carbons (Fsp3) is 0.720. The first-order valence-electron chi connectivity index (χ1n) is 12.0. The summed E-state index contributed by atoms with van der Waals surface area (Å²) in [6.45, 7) is 9.54. The maximum absolute atomic E-state index is 15.0. The highest BCUT2D eigenvalue weighted by Gasteiger charge is 2.56. The molecule has 0 aliphatic heterocycles. The van der Waals surface area contributed by atoms with Gasteiger partial charge in [0, 0.05) is 19.2 Å². The summed E-state index contributed by atoms with van der Waals surface area (Å²) in [5, 5.41) is 10.6. The van der Waals surface area contributed by atoms with Gasteiger partial charge >= 0.3 is 0 Å². The zero-order valence-corrected chi connectivity index (χ0v) is 20.0. The number of amides is 2. The van der Waals surface area contributed by atoms with Crippen LogP contribution in [0.4, 0.5) is 4.39 Å². The van der Waals surface area contributed by atoms with E-state index in [9.17, 15) is 9.59 Å². The number of nitrogens with zero attached hydrogens (tertiary/aromatic N) is 2. The van der Waals surface area contributed by atoms with Crippen molar-refractivity contribution in [1.82, 2.24) is 20.4 Å². The van der Waals surface area contributed by atoms with Gasteiger partial charge in [-0.1, -0.05) is 13.8 Å². The standard InChI is InChI=1S/C25H37FN4O2/c1-15(2)8-21-20(14-27-30(21)7-6-24(4,5)29-16(3)31)23(32)28-22-18-9-17-10-19(22)13-25(26,11-17)12-18/h6-7,14-15,17-19,22H,8-13H2,1-5H3,(H,28,32)(H,29,31)/b7-6+/t17?,18?,19?,22-,25-. The zero-order chi connectivity index (χ0) is 23.3. The Balaban J connectivity index is 1.53. The van der Waals surface area contributed by atoms with E-state index in [1.54, 1.807) is 10.9 Å². The topological polar surface area (TPSA) is 76.0 Å². The lowest BCUT2D eigenvalue weighted by Gasteiger charge is -2.56. The summed E-state index contributed by atoms with van der Waals surface area (Å²) >= 11 is 0. The molecule has 6 nitrogen and oxygen atoms in total. The van der Waals surface area contributed by atoms with Gasteiger partial charge in [0.2, 0.25) is 5.91 Å². The minimum absolute atomic E-state index is 0.0624. The number of rotatable bonds is 7. The van der Waals surface area contributed by atoms with Crippen molar-refractivity contribution in [2.24, 2.45) is 23.7 Å². The first-order valence-corrected chi connectivity index (χ1v) is 12.0. The molecule has 2 atom stereocenters. The van der Waals surface area contributed by atoms with E-state index in [1.807, 2.05) is 26.1 Å². The summed E-state index contributed by atoms with van der Waals surface area (Å²) in [7, 11) is 0. The molecule has 0 radical (unpaired) electrons. The van der Waals surface area contributed by atoms with Gasteiger partial charge in [0.25, 0.3) is 5.91 Å². The van der Waals surface area contributed by atoms with Gasteiger partial charge in [0.05, 0.1) is 23.0 Å². The average molecular weight is 445 g/mol. The van der Waals surface area contributed by atoms with Gasteiger partial charge in [-0.15, -0.1) is 0 Å². The lowest BCUT2D eigenvalue weighted by Crippen LogP contribution is -2.60. The third-order valence-electron chi connectivity index (χ3n) is 7.37. The highest BCUT2D eigenvalue weighted by molar-refractivity contribution is 5.95. The van der Waals surface area contributed by atoms with E-state index >= 15 is 4.39 Å². The van der Waals surface area contributed by atoms with Crippen molar-refractivity contribution in [3.05, 3.63) is 23.5 Å². The quantitative estimate of drug-likeness (QED) is 0.664. The molecular weight excluding hydrogens is 407 g/mol. The Morgan fingerprint density at radius 1 is 1.28 bits per heavy atom. The van der Waals surface area contributed by atoms with Gasteiger partial charge in [-0.3, -0.25) is 9.59 Å². The monoisotopic (exact) mass is 444 g/mol. The predicted octanol–water partition coefficient (Wildman–Crippen LogP) is 4.11. The van der Waals surface area contributed by atoms with E-state index in [4.69, 9.17) is 0 Å². The predicted molar refractivity (Wildman–Crippen MR) is 123 cm³/mol. The summed E-state index contributed by atoms with van der Waals surface area (Å²) < 4.78 is 16.8. The fourth-order valence-corrected chi connectivity index (χ4v) is 6.44. The van der Waals surface area contributed by atoms with Crippen LogP contribution >= 0.6 is 0 Å². The largest absolute Gasteiger partial charge is 0.349 e. The Bertz CT molecular complexity index is 903. The lowest BCUT2D eigenvalue weighted by atomic mass is 9.53. The SMILES string of the molecule is CC(=O)NC(C)(C)/C=C/n1ncc(C(=O)N[C@H]2C3CC4CC2C[C@](F)(C4)C3)c1CC(C)C. The first kappa shape index (κ1) is 23.0. The number of hydrogen-bond donors (Lipinski definition) is 2. The molecule has 0 spiro atoms. The third kappa shape index (κ3) is 4.76. The molecule has 5 rings (SSSR count). The molecule has 32 heavy (non-hydrogen) atoms. The molecule has 4 aliphatic carbocycles. The van der Waals surface area contributed by atoms with Crippen LogP contribution in [0, 0.1) is 23.7 Å². The van der Waals surface area contributed by atoms with Crippen LogP contribution in [0.1, 0.15) is 82.8 Å². The first-order chi connectivity index (χ1) is 14.9. The van der Waals surface area contributed by atoms with E-state index < -0.39 is 11.2 Å². The van der Waals surface area contributed by atoms with Crippen LogP contribution in [-0.2, 0) is 11.2 Å². The maximum atomic E-state index is 15.0. The fourth-order valence-electron chi connectivity index (χ4n) is 6.44. The molecule has 1 aromatic heterocycles. The summed E-state index contributed by atoms with van der Waals surface area (Å²) in [6.07, 6.45) is 10.0. The smallest absolute Gasteiger partial charge is 0.255 e. The molecule has 4 aliphatic rings. The summed E-state index contributed by atoms with van der Waals surface area (Å²) in [5.41, 5.74) is -0.0859. The van der Waals surface area contributed by atoms with Gasteiger partial charge in [0.1, 0.15) is 5.67 Å². The van der Waals surface area contributed by atoms with Crippen LogP contribution in [0.15, 0.2) is 12.3 Å². The summed E-state index contributed by atoms with van der Waals surface area (Å²) in [6, 6.07) is 0.0624. The molecule has 176 valence electrons. The van der Waals surface area contributed by atoms with Crippen molar-refractivity contribution in [2.45, 2.75) is 90.4 Å². The van der Waals surface area contributed by atoms with Gasteiger partial charge in [-0.2, -0.15) is 5.10 Å². The Hall–Kier alpha value is -2.18. The van der Waals surface area contributed by atoms with Crippen LogP contribution in [0.25, 0.3) is 6.20 Å². The molecule has 4 bridgehead atoms. The molecule has 4 saturated carbocycles. The minimum atomic E-state index is -1.00. The Kier molecular flexibility index (Phi) is 5.97. The number of nitrogens with one attached hydrogen (secondary N) is 2. The summed E-state index contributed by atoms with van der Waals surface area (Å²) in [4.78, 5) is 24.8. The normalized spacial score (nSPS) is 31.5. The van der Waals surface area contributed by atoms with Gasteiger partial charge in [0.15, 0.2) is 0 Å². The van der Waals surface area contributed by atoms with Gasteiger partial charge < -0.3 is 10.6 Å². The Morgan fingerprint density at radius 3 is 2.50 bits per heavy atom. The van der Waals surface area contributed by atoms with Crippen molar-refractivity contribution in [3.8, 4) is 0 Å². The van der Waals surface area contributed by atoms with E-state index in [0.717, 1.165) is 18.5 Å². The van der Waals surface area contributed by atoms with Crippen molar-refractivity contribution in [1.29, 1.82) is 0 Å². The maximum Gasteiger partial charge on any atom is 0.255 e. The molecule has 0 aromatic carbocycles. The van der Waals surface area contributed by atoms with Crippen molar-refractivity contribution in [3.63, 3.8) is 0 Å². The van der Waals surface area contributed by atoms with Crippen molar-refractivity contribution < 1.29 is 14.0 Å². The van der Waals surface area contributed by atoms with Crippen LogP contribution in [0.3, 0.4) is 0 Å². The molecule has 7 heteroatoms. The minimum Gasteiger partial charge on any atom is -0.349 e. The van der Waals surface area contributed by atoms with Crippen LogP contribution in [-0.4, -0.2) is 38.8 Å². The molecule has 2 amide bonds. The summed E-state index contributed by atoms with van der Waals surface area (Å²) in [5.74, 6) is 1.12. The number of aromatic nitrogens is 2. The zero-order valence-electron chi connectivity index (χ0n) is 20.0.